The molecule has 0 spiro atoms. The fourth-order valence-corrected chi connectivity index (χ4v) is 5.13. The predicted octanol–water partition coefficient (Wildman–Crippen LogP) is 3.23. The summed E-state index contributed by atoms with van der Waals surface area (Å²) in [6.45, 7) is 1.76. The Bertz CT molecular complexity index is 850. The number of ether oxygens (including phenoxy) is 2. The van der Waals surface area contributed by atoms with E-state index in [2.05, 4.69) is 10.6 Å². The largest absolute Gasteiger partial charge is 0.463 e. The average molecular weight is 412 g/mol. The maximum Gasteiger partial charge on any atom is 0.338 e. The van der Waals surface area contributed by atoms with E-state index in [0.29, 0.717) is 18.3 Å². The molecule has 3 aliphatic rings. The second kappa shape index (κ2) is 8.90. The number of hydrogen-bond donors (Lipinski definition) is 2. The average Bonchev–Trinajstić information content (AvgIpc) is 3.36. The smallest absolute Gasteiger partial charge is 0.338 e. The molecule has 2 fully saturated rings. The lowest BCUT2D eigenvalue weighted by Gasteiger charge is -2.29. The minimum atomic E-state index is -0.668. The summed E-state index contributed by atoms with van der Waals surface area (Å²) in [6, 6.07) is 8.07. The fraction of sp³-hybridized carbons (Fsp3) is 0.522. The Morgan fingerprint density at radius 3 is 2.57 bits per heavy atom. The van der Waals surface area contributed by atoms with E-state index in [1.807, 2.05) is 30.3 Å². The van der Waals surface area contributed by atoms with E-state index in [0.717, 1.165) is 17.9 Å². The molecule has 4 rings (SSSR count). The maximum absolute atomic E-state index is 12.7. The number of carbonyl (C=O) groups excluding carboxylic acids is 3. The van der Waals surface area contributed by atoms with Crippen LogP contribution in [0.5, 0.6) is 0 Å². The van der Waals surface area contributed by atoms with Crippen molar-refractivity contribution in [2.45, 2.75) is 45.1 Å². The third-order valence-electron chi connectivity index (χ3n) is 6.47. The number of urea groups is 1. The number of fused-ring (bicyclic) bond motifs is 2. The molecule has 2 saturated carbocycles. The van der Waals surface area contributed by atoms with E-state index >= 15 is 0 Å². The highest BCUT2D eigenvalue weighted by Crippen LogP contribution is 2.49. The van der Waals surface area contributed by atoms with Crippen molar-refractivity contribution in [3.8, 4) is 0 Å². The van der Waals surface area contributed by atoms with Gasteiger partial charge in [-0.25, -0.2) is 9.59 Å². The third-order valence-corrected chi connectivity index (χ3v) is 6.47. The zero-order valence-electron chi connectivity index (χ0n) is 17.2. The first kappa shape index (κ1) is 20.4. The van der Waals surface area contributed by atoms with Crippen molar-refractivity contribution in [2.24, 2.45) is 17.8 Å². The van der Waals surface area contributed by atoms with Gasteiger partial charge < -0.3 is 20.1 Å². The molecular weight excluding hydrogens is 384 g/mol. The van der Waals surface area contributed by atoms with Crippen LogP contribution in [0.1, 0.15) is 50.6 Å². The van der Waals surface area contributed by atoms with Crippen LogP contribution in [-0.4, -0.2) is 31.2 Å². The van der Waals surface area contributed by atoms with Crippen LogP contribution in [0.2, 0.25) is 0 Å². The monoisotopic (exact) mass is 412 g/mol. The molecule has 30 heavy (non-hydrogen) atoms. The molecular formula is C23H28N2O5. The van der Waals surface area contributed by atoms with Crippen LogP contribution in [0.25, 0.3) is 0 Å². The van der Waals surface area contributed by atoms with Gasteiger partial charge in [-0.3, -0.25) is 4.79 Å². The van der Waals surface area contributed by atoms with Crippen molar-refractivity contribution in [2.75, 3.05) is 13.2 Å². The second-order valence-corrected chi connectivity index (χ2v) is 8.35. The Morgan fingerprint density at radius 2 is 1.90 bits per heavy atom. The van der Waals surface area contributed by atoms with Gasteiger partial charge in [0.05, 0.1) is 23.9 Å². The van der Waals surface area contributed by atoms with E-state index < -0.39 is 18.0 Å². The molecule has 1 aromatic carbocycles. The van der Waals surface area contributed by atoms with Gasteiger partial charge in [-0.2, -0.15) is 0 Å². The predicted molar refractivity (Wildman–Crippen MR) is 109 cm³/mol. The molecule has 0 saturated heterocycles. The van der Waals surface area contributed by atoms with Gasteiger partial charge in [0.15, 0.2) is 0 Å². The molecule has 1 heterocycles. The van der Waals surface area contributed by atoms with Crippen LogP contribution in [0.4, 0.5) is 4.79 Å². The van der Waals surface area contributed by atoms with Gasteiger partial charge in [0.1, 0.15) is 6.61 Å². The Kier molecular flexibility index (Phi) is 6.06. The van der Waals surface area contributed by atoms with Crippen LogP contribution in [0, 0.1) is 17.8 Å². The van der Waals surface area contributed by atoms with Crippen molar-refractivity contribution in [1.29, 1.82) is 0 Å². The van der Waals surface area contributed by atoms with Gasteiger partial charge >= 0.3 is 18.0 Å². The highest BCUT2D eigenvalue weighted by molar-refractivity contribution is 5.95. The molecule has 0 unspecified atom stereocenters. The van der Waals surface area contributed by atoms with Crippen LogP contribution in [-0.2, 0) is 19.1 Å². The van der Waals surface area contributed by atoms with Crippen LogP contribution in [0.3, 0.4) is 0 Å². The van der Waals surface area contributed by atoms with Gasteiger partial charge in [-0.05, 0) is 49.5 Å². The van der Waals surface area contributed by atoms with Gasteiger partial charge in [0, 0.05) is 6.42 Å². The van der Waals surface area contributed by atoms with E-state index in [4.69, 9.17) is 9.47 Å². The molecule has 4 atom stereocenters. The topological polar surface area (TPSA) is 93.7 Å². The Hall–Kier alpha value is -2.83. The molecule has 7 nitrogen and oxygen atoms in total. The van der Waals surface area contributed by atoms with E-state index in [9.17, 15) is 14.4 Å². The summed E-state index contributed by atoms with van der Waals surface area (Å²) < 4.78 is 10.7. The van der Waals surface area contributed by atoms with Crippen LogP contribution < -0.4 is 10.6 Å². The number of hydrogen-bond acceptors (Lipinski definition) is 5. The number of esters is 2. The van der Waals surface area contributed by atoms with Gasteiger partial charge in [-0.15, -0.1) is 0 Å². The Morgan fingerprint density at radius 1 is 1.10 bits per heavy atom. The van der Waals surface area contributed by atoms with Crippen molar-refractivity contribution >= 4 is 18.0 Å². The zero-order valence-corrected chi connectivity index (χ0v) is 17.2. The lowest BCUT2D eigenvalue weighted by Crippen LogP contribution is -2.47. The minimum Gasteiger partial charge on any atom is -0.463 e. The second-order valence-electron chi connectivity index (χ2n) is 8.35. The number of rotatable bonds is 7. The molecule has 7 heteroatoms. The zero-order chi connectivity index (χ0) is 21.1. The highest BCUT2D eigenvalue weighted by atomic mass is 16.5. The quantitative estimate of drug-likeness (QED) is 0.671. The first-order valence-electron chi connectivity index (χ1n) is 10.7. The number of nitrogens with one attached hydrogen (secondary N) is 2. The third kappa shape index (κ3) is 4.35. The minimum absolute atomic E-state index is 0.162. The first-order chi connectivity index (χ1) is 14.5. The molecule has 2 aliphatic carbocycles. The number of benzene rings is 1. The molecule has 2 N–H and O–H groups in total. The van der Waals surface area contributed by atoms with Crippen molar-refractivity contribution in [3.05, 3.63) is 47.2 Å². The van der Waals surface area contributed by atoms with Gasteiger partial charge in [0.2, 0.25) is 0 Å². The van der Waals surface area contributed by atoms with Gasteiger partial charge in [0.25, 0.3) is 0 Å². The molecule has 2 bridgehead atoms. The normalized spacial score (nSPS) is 27.4. The van der Waals surface area contributed by atoms with E-state index in [1.165, 1.54) is 19.3 Å². The lowest BCUT2D eigenvalue weighted by molar-refractivity contribution is -0.145. The first-order valence-corrected chi connectivity index (χ1v) is 10.7. The summed E-state index contributed by atoms with van der Waals surface area (Å²) >= 11 is 0. The molecule has 2 amide bonds. The van der Waals surface area contributed by atoms with Crippen LogP contribution in [0.15, 0.2) is 41.6 Å². The number of amides is 2. The summed E-state index contributed by atoms with van der Waals surface area (Å²) in [6.07, 6.45) is 5.23. The van der Waals surface area contributed by atoms with Crippen molar-refractivity contribution in [3.63, 3.8) is 0 Å². The molecule has 1 aliphatic heterocycles. The summed E-state index contributed by atoms with van der Waals surface area (Å²) in [4.78, 5) is 37.4. The van der Waals surface area contributed by atoms with Crippen molar-refractivity contribution in [1.82, 2.24) is 10.6 Å². The fourth-order valence-electron chi connectivity index (χ4n) is 5.13. The van der Waals surface area contributed by atoms with Crippen molar-refractivity contribution < 1.29 is 23.9 Å². The maximum atomic E-state index is 12.7. The van der Waals surface area contributed by atoms with E-state index in [1.54, 1.807) is 6.92 Å². The molecule has 0 radical (unpaired) electrons. The summed E-state index contributed by atoms with van der Waals surface area (Å²) in [7, 11) is 0. The SMILES string of the molecule is CCOC(=O)C1=C(COC(=O)C[C@H]2C[C@H]3CC[C@H]2C3)NC(=O)N[C@H]1c1ccccc1. The number of carbonyl (C=O) groups is 3. The van der Waals surface area contributed by atoms with E-state index in [-0.39, 0.29) is 30.5 Å². The molecule has 160 valence electrons. The lowest BCUT2D eigenvalue weighted by atomic mass is 9.86. The standard InChI is InChI=1S/C23H28N2O5/c1-2-29-22(27)20-18(24-23(28)25-21(20)15-6-4-3-5-7-15)13-30-19(26)12-17-11-14-8-9-16(17)10-14/h3-7,14,16-17,21H,2,8-13H2,1H3,(H2,24,25,28)/t14-,16-,17+,21-/m0/s1. The van der Waals surface area contributed by atoms with Gasteiger partial charge in [-0.1, -0.05) is 36.8 Å². The summed E-state index contributed by atoms with van der Waals surface area (Å²) in [5, 5.41) is 5.40. The Labute approximate surface area is 176 Å². The Balaban J connectivity index is 1.50. The summed E-state index contributed by atoms with van der Waals surface area (Å²) in [5.74, 6) is 0.971. The van der Waals surface area contributed by atoms with Crippen LogP contribution >= 0.6 is 0 Å². The highest BCUT2D eigenvalue weighted by Gasteiger charge is 2.40. The molecule has 0 aromatic heterocycles. The molecule has 1 aromatic rings. The summed E-state index contributed by atoms with van der Waals surface area (Å²) in [5.41, 5.74) is 1.28.